The average Bonchev–Trinajstić information content (AvgIpc) is 3.02. The van der Waals surface area contributed by atoms with Crippen molar-refractivity contribution in [3.8, 4) is 0 Å². The van der Waals surface area contributed by atoms with Crippen molar-refractivity contribution in [1.29, 1.82) is 0 Å². The van der Waals surface area contributed by atoms with E-state index in [2.05, 4.69) is 10.00 Å². The minimum atomic E-state index is -2.98. The van der Waals surface area contributed by atoms with Crippen LogP contribution < -0.4 is 0 Å². The first kappa shape index (κ1) is 16.0. The molecule has 0 spiro atoms. The Morgan fingerprint density at radius 3 is 2.86 bits per heavy atom. The predicted molar refractivity (Wildman–Crippen MR) is 84.3 cm³/mol. The summed E-state index contributed by atoms with van der Waals surface area (Å²) in [5, 5.41) is 4.23. The van der Waals surface area contributed by atoms with Gasteiger partial charge < -0.3 is 9.64 Å². The third kappa shape index (κ3) is 2.81. The van der Waals surface area contributed by atoms with E-state index in [1.807, 2.05) is 31.6 Å². The van der Waals surface area contributed by atoms with Crippen LogP contribution in [0.2, 0.25) is 0 Å². The van der Waals surface area contributed by atoms with E-state index in [9.17, 15) is 8.42 Å². The topological polar surface area (TPSA) is 64.4 Å². The highest BCUT2D eigenvalue weighted by atomic mass is 32.2. The second-order valence-corrected chi connectivity index (χ2v) is 9.78. The molecule has 0 aromatic carbocycles. The van der Waals surface area contributed by atoms with Crippen LogP contribution in [0.25, 0.3) is 0 Å². The molecule has 0 aliphatic carbocycles. The summed E-state index contributed by atoms with van der Waals surface area (Å²) in [7, 11) is -1.04. The van der Waals surface area contributed by atoms with Crippen LogP contribution in [0.1, 0.15) is 32.1 Å². The van der Waals surface area contributed by atoms with Gasteiger partial charge in [0, 0.05) is 45.4 Å². The molecular weight excluding hydrogens is 302 g/mol. The first-order valence-corrected chi connectivity index (χ1v) is 9.49. The summed E-state index contributed by atoms with van der Waals surface area (Å²) in [6.45, 7) is 6.53. The molecule has 124 valence electrons. The Morgan fingerprint density at radius 2 is 2.23 bits per heavy atom. The first-order valence-electron chi connectivity index (χ1n) is 7.84. The van der Waals surface area contributed by atoms with E-state index in [0.29, 0.717) is 19.0 Å². The van der Waals surface area contributed by atoms with Crippen LogP contribution in [0.5, 0.6) is 0 Å². The maximum absolute atomic E-state index is 12.1. The number of nitrogens with zero attached hydrogens (tertiary/aromatic N) is 3. The zero-order valence-electron chi connectivity index (χ0n) is 13.5. The van der Waals surface area contributed by atoms with Gasteiger partial charge in [-0.2, -0.15) is 5.10 Å². The molecule has 3 heterocycles. The summed E-state index contributed by atoms with van der Waals surface area (Å²) >= 11 is 0. The average molecular weight is 327 g/mol. The van der Waals surface area contributed by atoms with Gasteiger partial charge in [0.2, 0.25) is 0 Å². The maximum atomic E-state index is 12.1. The highest BCUT2D eigenvalue weighted by Crippen LogP contribution is 2.35. The highest BCUT2D eigenvalue weighted by Gasteiger charge is 2.42. The third-order valence-electron chi connectivity index (χ3n) is 4.98. The molecule has 6 nitrogen and oxygen atoms in total. The lowest BCUT2D eigenvalue weighted by atomic mass is 9.97. The summed E-state index contributed by atoms with van der Waals surface area (Å²) in [4.78, 5) is 2.28. The van der Waals surface area contributed by atoms with Gasteiger partial charge in [-0.1, -0.05) is 0 Å². The molecular formula is C15H25N3O3S. The van der Waals surface area contributed by atoms with E-state index in [1.165, 1.54) is 0 Å². The summed E-state index contributed by atoms with van der Waals surface area (Å²) in [5.41, 5.74) is 1.10. The number of rotatable bonds is 3. The second-order valence-electron chi connectivity index (χ2n) is 7.03. The molecule has 2 aliphatic rings. The highest BCUT2D eigenvalue weighted by molar-refractivity contribution is 7.92. The van der Waals surface area contributed by atoms with E-state index >= 15 is 0 Å². The fourth-order valence-electron chi connectivity index (χ4n) is 3.54. The second kappa shape index (κ2) is 5.62. The Balaban J connectivity index is 1.70. The van der Waals surface area contributed by atoms with Gasteiger partial charge in [0.05, 0.1) is 16.2 Å². The Labute approximate surface area is 132 Å². The molecule has 0 N–H and O–H groups in total. The quantitative estimate of drug-likeness (QED) is 0.829. The van der Waals surface area contributed by atoms with E-state index < -0.39 is 14.6 Å². The summed E-state index contributed by atoms with van der Waals surface area (Å²) in [5.74, 6) is 0.649. The van der Waals surface area contributed by atoms with Crippen LogP contribution >= 0.6 is 0 Å². The van der Waals surface area contributed by atoms with Gasteiger partial charge in [-0.15, -0.1) is 0 Å². The lowest BCUT2D eigenvalue weighted by Crippen LogP contribution is -2.53. The number of sulfone groups is 1. The van der Waals surface area contributed by atoms with Crippen molar-refractivity contribution in [2.75, 3.05) is 32.0 Å². The first-order chi connectivity index (χ1) is 10.3. The van der Waals surface area contributed by atoms with Gasteiger partial charge in [-0.05, 0) is 26.3 Å². The molecule has 2 atom stereocenters. The summed E-state index contributed by atoms with van der Waals surface area (Å²) in [6.07, 6.45) is 2.87. The van der Waals surface area contributed by atoms with Crippen LogP contribution in [0.4, 0.5) is 0 Å². The van der Waals surface area contributed by atoms with Crippen LogP contribution in [-0.4, -0.2) is 59.8 Å². The third-order valence-corrected chi connectivity index (χ3v) is 7.51. The molecule has 2 fully saturated rings. The zero-order valence-corrected chi connectivity index (χ0v) is 14.3. The fraction of sp³-hybridized carbons (Fsp3) is 0.800. The molecule has 22 heavy (non-hydrogen) atoms. The van der Waals surface area contributed by atoms with Crippen molar-refractivity contribution in [1.82, 2.24) is 14.7 Å². The summed E-state index contributed by atoms with van der Waals surface area (Å²) in [6, 6.07) is 2.01. The van der Waals surface area contributed by atoms with E-state index in [0.717, 1.165) is 25.3 Å². The Bertz CT molecular complexity index is 638. The van der Waals surface area contributed by atoms with Gasteiger partial charge in [-0.3, -0.25) is 4.68 Å². The predicted octanol–water partition coefficient (Wildman–Crippen LogP) is 1.01. The molecule has 0 bridgehead atoms. The van der Waals surface area contributed by atoms with Gasteiger partial charge in [0.1, 0.15) is 6.10 Å². The Kier molecular flexibility index (Phi) is 4.07. The van der Waals surface area contributed by atoms with Crippen molar-refractivity contribution in [2.45, 2.75) is 31.1 Å². The van der Waals surface area contributed by atoms with Crippen molar-refractivity contribution >= 4 is 9.84 Å². The minimum Gasteiger partial charge on any atom is -0.372 e. The lowest BCUT2D eigenvalue weighted by molar-refractivity contribution is 0.0708. The number of hydrogen-bond acceptors (Lipinski definition) is 5. The molecule has 0 unspecified atom stereocenters. The Morgan fingerprint density at radius 1 is 1.45 bits per heavy atom. The van der Waals surface area contributed by atoms with Crippen molar-refractivity contribution in [2.24, 2.45) is 13.0 Å². The van der Waals surface area contributed by atoms with Gasteiger partial charge in [0.15, 0.2) is 9.84 Å². The summed E-state index contributed by atoms with van der Waals surface area (Å²) < 4.78 is 31.4. The van der Waals surface area contributed by atoms with Crippen molar-refractivity contribution < 1.29 is 13.2 Å². The molecule has 7 heteroatoms. The fourth-order valence-corrected chi connectivity index (χ4v) is 4.97. The molecule has 0 radical (unpaired) electrons. The molecule has 3 rings (SSSR count). The number of hydrogen-bond donors (Lipinski definition) is 0. The SMILES string of the molecule is Cn1nccc1[C@@H]1OCC[C@H]1CN1CCS(=O)(=O)C(C)(C)C1. The molecule has 0 saturated carbocycles. The van der Waals surface area contributed by atoms with E-state index in [4.69, 9.17) is 4.74 Å². The molecule has 2 aliphatic heterocycles. The van der Waals surface area contributed by atoms with E-state index in [-0.39, 0.29) is 11.9 Å². The van der Waals surface area contributed by atoms with Gasteiger partial charge >= 0.3 is 0 Å². The molecule has 1 aromatic heterocycles. The molecule has 1 aromatic rings. The van der Waals surface area contributed by atoms with Crippen LogP contribution in [-0.2, 0) is 21.6 Å². The molecule has 0 amide bonds. The van der Waals surface area contributed by atoms with Crippen LogP contribution in [0.3, 0.4) is 0 Å². The normalized spacial score (nSPS) is 31.4. The largest absolute Gasteiger partial charge is 0.372 e. The van der Waals surface area contributed by atoms with Crippen molar-refractivity contribution in [3.05, 3.63) is 18.0 Å². The van der Waals surface area contributed by atoms with Crippen molar-refractivity contribution in [3.63, 3.8) is 0 Å². The monoisotopic (exact) mass is 327 g/mol. The van der Waals surface area contributed by atoms with Crippen LogP contribution in [0.15, 0.2) is 12.3 Å². The zero-order chi connectivity index (χ0) is 16.0. The number of ether oxygens (including phenoxy) is 1. The van der Waals surface area contributed by atoms with Crippen LogP contribution in [0, 0.1) is 5.92 Å². The van der Waals surface area contributed by atoms with Gasteiger partial charge in [-0.25, -0.2) is 8.42 Å². The van der Waals surface area contributed by atoms with E-state index in [1.54, 1.807) is 6.20 Å². The maximum Gasteiger partial charge on any atom is 0.157 e. The smallest absolute Gasteiger partial charge is 0.157 e. The van der Waals surface area contributed by atoms with Gasteiger partial charge in [0.25, 0.3) is 0 Å². The minimum absolute atomic E-state index is 0.0640. The number of aromatic nitrogens is 2. The lowest BCUT2D eigenvalue weighted by Gasteiger charge is -2.39. The Hall–Kier alpha value is -0.920. The molecule has 2 saturated heterocycles. The standard InChI is InChI=1S/C15H25N3O3S/c1-15(2)11-18(7-9-22(15,19)20)10-12-5-8-21-14(12)13-4-6-16-17(13)3/h4,6,12,14H,5,7-11H2,1-3H3/t12-,14+/m0/s1. The number of aryl methyl sites for hydroxylation is 1.